The molecule has 0 unspecified atom stereocenters. The van der Waals surface area contributed by atoms with Crippen LogP contribution in [0.1, 0.15) is 13.8 Å². The molecule has 28 heavy (non-hydrogen) atoms. The molecule has 5 nitrogen and oxygen atoms in total. The van der Waals surface area contributed by atoms with Crippen molar-refractivity contribution in [2.45, 2.75) is 19.4 Å². The standard InChI is InChI=1S/C20H18Br2N2O3S/c1-20(2,27-14-7-5-13(21)6-8-14)18(25)24-19-23-16(11-28-19)12-4-9-17(26-3)15(22)10-12/h4-11H,1-3H3,(H,23,24,25). The van der Waals surface area contributed by atoms with Crippen molar-refractivity contribution in [3.8, 4) is 22.8 Å². The number of benzene rings is 2. The number of carbonyl (C=O) groups excluding carboxylic acids is 1. The van der Waals surface area contributed by atoms with E-state index in [0.29, 0.717) is 10.9 Å². The summed E-state index contributed by atoms with van der Waals surface area (Å²) in [6.07, 6.45) is 0. The lowest BCUT2D eigenvalue weighted by molar-refractivity contribution is -0.128. The number of ether oxygens (including phenoxy) is 2. The largest absolute Gasteiger partial charge is 0.496 e. The Labute approximate surface area is 184 Å². The number of rotatable bonds is 6. The number of methoxy groups -OCH3 is 1. The van der Waals surface area contributed by atoms with Gasteiger partial charge in [-0.25, -0.2) is 4.98 Å². The van der Waals surface area contributed by atoms with E-state index in [4.69, 9.17) is 9.47 Å². The third kappa shape index (κ3) is 4.92. The number of thiazole rings is 1. The Hall–Kier alpha value is -1.90. The van der Waals surface area contributed by atoms with E-state index in [2.05, 4.69) is 42.2 Å². The van der Waals surface area contributed by atoms with Gasteiger partial charge in [-0.2, -0.15) is 0 Å². The zero-order chi connectivity index (χ0) is 20.3. The second kappa shape index (κ2) is 8.63. The van der Waals surface area contributed by atoms with Gasteiger partial charge in [0.15, 0.2) is 10.7 Å². The van der Waals surface area contributed by atoms with Crippen molar-refractivity contribution in [3.05, 3.63) is 56.8 Å². The van der Waals surface area contributed by atoms with Gasteiger partial charge in [-0.1, -0.05) is 15.9 Å². The number of anilines is 1. The number of hydrogen-bond acceptors (Lipinski definition) is 5. The maximum atomic E-state index is 12.7. The van der Waals surface area contributed by atoms with Crippen LogP contribution in [-0.4, -0.2) is 23.6 Å². The summed E-state index contributed by atoms with van der Waals surface area (Å²) in [4.78, 5) is 17.2. The van der Waals surface area contributed by atoms with E-state index in [0.717, 1.165) is 26.0 Å². The smallest absolute Gasteiger partial charge is 0.269 e. The first-order valence-corrected chi connectivity index (χ1v) is 10.8. The Morgan fingerprint density at radius 3 is 2.50 bits per heavy atom. The van der Waals surface area contributed by atoms with E-state index in [9.17, 15) is 4.79 Å². The van der Waals surface area contributed by atoms with E-state index >= 15 is 0 Å². The molecule has 0 bridgehead atoms. The predicted molar refractivity (Wildman–Crippen MR) is 119 cm³/mol. The summed E-state index contributed by atoms with van der Waals surface area (Å²) in [5, 5.41) is 5.25. The number of halogens is 2. The summed E-state index contributed by atoms with van der Waals surface area (Å²) in [5.41, 5.74) is 0.646. The minimum absolute atomic E-state index is 0.271. The third-order valence-electron chi connectivity index (χ3n) is 3.91. The predicted octanol–water partition coefficient (Wildman–Crippen LogP) is 6.14. The molecular weight excluding hydrogens is 508 g/mol. The maximum absolute atomic E-state index is 12.7. The summed E-state index contributed by atoms with van der Waals surface area (Å²) in [7, 11) is 1.62. The van der Waals surface area contributed by atoms with Gasteiger partial charge in [-0.05, 0) is 72.2 Å². The van der Waals surface area contributed by atoms with E-state index < -0.39 is 5.60 Å². The second-order valence-electron chi connectivity index (χ2n) is 6.41. The van der Waals surface area contributed by atoms with Crippen LogP contribution in [0.3, 0.4) is 0 Å². The first-order chi connectivity index (χ1) is 13.3. The zero-order valence-electron chi connectivity index (χ0n) is 15.5. The number of nitrogens with one attached hydrogen (secondary N) is 1. The van der Waals surface area contributed by atoms with Gasteiger partial charge in [-0.3, -0.25) is 10.1 Å². The molecule has 1 heterocycles. The number of aromatic nitrogens is 1. The topological polar surface area (TPSA) is 60.5 Å². The highest BCUT2D eigenvalue weighted by Crippen LogP contribution is 2.32. The molecule has 1 aromatic heterocycles. The number of carbonyl (C=O) groups is 1. The highest BCUT2D eigenvalue weighted by molar-refractivity contribution is 9.10. The molecule has 3 aromatic rings. The van der Waals surface area contributed by atoms with Crippen molar-refractivity contribution in [2.75, 3.05) is 12.4 Å². The van der Waals surface area contributed by atoms with Crippen LogP contribution < -0.4 is 14.8 Å². The quantitative estimate of drug-likeness (QED) is 0.420. The Kier molecular flexibility index (Phi) is 6.42. The first-order valence-electron chi connectivity index (χ1n) is 8.34. The van der Waals surface area contributed by atoms with E-state index in [1.54, 1.807) is 21.0 Å². The molecule has 146 valence electrons. The van der Waals surface area contributed by atoms with Crippen LogP contribution in [0.15, 0.2) is 56.8 Å². The van der Waals surface area contributed by atoms with Gasteiger partial charge in [0.1, 0.15) is 11.5 Å². The Morgan fingerprint density at radius 2 is 1.86 bits per heavy atom. The lowest BCUT2D eigenvalue weighted by Crippen LogP contribution is -2.42. The van der Waals surface area contributed by atoms with Gasteiger partial charge in [0.25, 0.3) is 5.91 Å². The summed E-state index contributed by atoms with van der Waals surface area (Å²) in [6.45, 7) is 3.44. The van der Waals surface area contributed by atoms with E-state index in [1.165, 1.54) is 11.3 Å². The summed E-state index contributed by atoms with van der Waals surface area (Å²) >= 11 is 8.22. The van der Waals surface area contributed by atoms with Gasteiger partial charge in [0, 0.05) is 15.4 Å². The molecular formula is C20H18Br2N2O3S. The normalized spacial score (nSPS) is 11.2. The Balaban J connectivity index is 1.70. The van der Waals surface area contributed by atoms with Crippen LogP contribution in [0.4, 0.5) is 5.13 Å². The summed E-state index contributed by atoms with van der Waals surface area (Å²) in [5.74, 6) is 1.10. The van der Waals surface area contributed by atoms with Gasteiger partial charge in [0.05, 0.1) is 17.3 Å². The SMILES string of the molecule is COc1ccc(-c2csc(NC(=O)C(C)(C)Oc3ccc(Br)cc3)n2)cc1Br. The molecule has 0 atom stereocenters. The van der Waals surface area contributed by atoms with Crippen LogP contribution in [0.2, 0.25) is 0 Å². The molecule has 1 N–H and O–H groups in total. The lowest BCUT2D eigenvalue weighted by Gasteiger charge is -2.24. The molecule has 3 rings (SSSR count). The van der Waals surface area contributed by atoms with E-state index in [-0.39, 0.29) is 5.91 Å². The van der Waals surface area contributed by atoms with Gasteiger partial charge < -0.3 is 9.47 Å². The Bertz CT molecular complexity index is 987. The third-order valence-corrected chi connectivity index (χ3v) is 5.81. The number of nitrogens with zero attached hydrogens (tertiary/aromatic N) is 1. The molecule has 8 heteroatoms. The molecule has 0 aliphatic heterocycles. The van der Waals surface area contributed by atoms with Crippen LogP contribution in [0.5, 0.6) is 11.5 Å². The van der Waals surface area contributed by atoms with Crippen molar-refractivity contribution in [1.82, 2.24) is 4.98 Å². The fourth-order valence-corrected chi connectivity index (χ4v) is 3.90. The van der Waals surface area contributed by atoms with Crippen LogP contribution in [0, 0.1) is 0 Å². The first kappa shape index (κ1) is 20.8. The summed E-state index contributed by atoms with van der Waals surface area (Å²) < 4.78 is 12.9. The minimum atomic E-state index is -1.05. The maximum Gasteiger partial charge on any atom is 0.269 e. The molecule has 0 saturated carbocycles. The summed E-state index contributed by atoms with van der Waals surface area (Å²) in [6, 6.07) is 13.1. The van der Waals surface area contributed by atoms with Crippen molar-refractivity contribution in [3.63, 3.8) is 0 Å². The van der Waals surface area contributed by atoms with Crippen molar-refractivity contribution in [1.29, 1.82) is 0 Å². The van der Waals surface area contributed by atoms with Crippen molar-refractivity contribution in [2.24, 2.45) is 0 Å². The number of amides is 1. The van der Waals surface area contributed by atoms with Crippen LogP contribution in [0.25, 0.3) is 11.3 Å². The van der Waals surface area contributed by atoms with Crippen LogP contribution >= 0.6 is 43.2 Å². The van der Waals surface area contributed by atoms with Gasteiger partial charge >= 0.3 is 0 Å². The monoisotopic (exact) mass is 524 g/mol. The van der Waals surface area contributed by atoms with Gasteiger partial charge in [-0.15, -0.1) is 11.3 Å². The van der Waals surface area contributed by atoms with E-state index in [1.807, 2.05) is 47.8 Å². The lowest BCUT2D eigenvalue weighted by atomic mass is 10.1. The van der Waals surface area contributed by atoms with Crippen LogP contribution in [-0.2, 0) is 4.79 Å². The fourth-order valence-electron chi connectivity index (χ4n) is 2.38. The average Bonchev–Trinajstić information content (AvgIpc) is 3.12. The zero-order valence-corrected chi connectivity index (χ0v) is 19.4. The Morgan fingerprint density at radius 1 is 1.14 bits per heavy atom. The molecule has 0 aliphatic carbocycles. The highest BCUT2D eigenvalue weighted by Gasteiger charge is 2.30. The number of hydrogen-bond donors (Lipinski definition) is 1. The molecule has 1 amide bonds. The van der Waals surface area contributed by atoms with Crippen molar-refractivity contribution < 1.29 is 14.3 Å². The molecule has 0 fully saturated rings. The molecule has 0 radical (unpaired) electrons. The molecule has 0 saturated heterocycles. The van der Waals surface area contributed by atoms with Gasteiger partial charge in [0.2, 0.25) is 0 Å². The second-order valence-corrected chi connectivity index (χ2v) is 9.04. The molecule has 0 spiro atoms. The average molecular weight is 526 g/mol. The molecule has 0 aliphatic rings. The highest BCUT2D eigenvalue weighted by atomic mass is 79.9. The van der Waals surface area contributed by atoms with Crippen molar-refractivity contribution >= 4 is 54.2 Å². The molecule has 2 aromatic carbocycles. The minimum Gasteiger partial charge on any atom is -0.496 e. The fraction of sp³-hybridized carbons (Fsp3) is 0.200.